The molecule has 30 heavy (non-hydrogen) atoms. The van der Waals surface area contributed by atoms with Gasteiger partial charge in [0.1, 0.15) is 0 Å². The third-order valence-electron chi connectivity index (χ3n) is 5.10. The van der Waals surface area contributed by atoms with E-state index < -0.39 is 11.2 Å². The molecule has 168 valence electrons. The number of nitrogens with one attached hydrogen (secondary N) is 2. The van der Waals surface area contributed by atoms with Crippen molar-refractivity contribution < 1.29 is 4.79 Å². The van der Waals surface area contributed by atoms with Gasteiger partial charge in [-0.15, -0.1) is 24.8 Å². The van der Waals surface area contributed by atoms with Crippen LogP contribution in [0, 0.1) is 5.92 Å². The van der Waals surface area contributed by atoms with Crippen LogP contribution in [0.1, 0.15) is 56.6 Å². The molecular weight excluding hydrogens is 429 g/mol. The largest absolute Gasteiger partial charge is 0.333 e. The van der Waals surface area contributed by atoms with Gasteiger partial charge in [0.05, 0.1) is 10.9 Å². The van der Waals surface area contributed by atoms with E-state index in [0.717, 1.165) is 0 Å². The Bertz CT molecular complexity index is 1020. The average molecular weight is 460 g/mol. The highest BCUT2D eigenvalue weighted by atomic mass is 35.5. The van der Waals surface area contributed by atoms with Crippen LogP contribution in [-0.2, 0) is 6.54 Å². The molecule has 0 bridgehead atoms. The van der Waals surface area contributed by atoms with Crippen LogP contribution in [0.25, 0.3) is 11.0 Å². The smallest absolute Gasteiger partial charge is 0.330 e. The Balaban J connectivity index is 0.00000225. The Morgan fingerprint density at radius 1 is 1.23 bits per heavy atom. The number of H-pyrrole nitrogens is 1. The molecule has 10 heteroatoms. The van der Waals surface area contributed by atoms with Crippen LogP contribution in [-0.4, -0.2) is 51.0 Å². The number of nitrogens with zero attached hydrogens (tertiary/aromatic N) is 3. The van der Waals surface area contributed by atoms with Crippen molar-refractivity contribution in [2.24, 2.45) is 5.92 Å². The summed E-state index contributed by atoms with van der Waals surface area (Å²) in [7, 11) is 0. The first-order chi connectivity index (χ1) is 13.2. The number of pyridine rings is 1. The lowest BCUT2D eigenvalue weighted by molar-refractivity contribution is 0.0657. The average Bonchev–Trinajstić information content (AvgIpc) is 2.63. The van der Waals surface area contributed by atoms with Gasteiger partial charge in [0, 0.05) is 37.9 Å². The van der Waals surface area contributed by atoms with Crippen LogP contribution < -0.4 is 16.6 Å². The van der Waals surface area contributed by atoms with Gasteiger partial charge in [0.15, 0.2) is 5.65 Å². The number of aromatic amines is 1. The molecule has 3 rings (SSSR count). The van der Waals surface area contributed by atoms with Gasteiger partial charge in [-0.25, -0.2) is 9.78 Å². The van der Waals surface area contributed by atoms with Gasteiger partial charge in [-0.05, 0) is 24.8 Å². The van der Waals surface area contributed by atoms with Crippen molar-refractivity contribution >= 4 is 41.8 Å². The Labute approximate surface area is 188 Å². The van der Waals surface area contributed by atoms with Crippen molar-refractivity contribution in [3.05, 3.63) is 38.2 Å². The number of hydrogen-bond donors (Lipinski definition) is 2. The second-order valence-electron chi connectivity index (χ2n) is 8.26. The van der Waals surface area contributed by atoms with E-state index in [-0.39, 0.29) is 54.0 Å². The van der Waals surface area contributed by atoms with Gasteiger partial charge < -0.3 is 10.2 Å². The Morgan fingerprint density at radius 2 is 1.90 bits per heavy atom. The summed E-state index contributed by atoms with van der Waals surface area (Å²) >= 11 is 0. The summed E-state index contributed by atoms with van der Waals surface area (Å²) in [6, 6.07) is 1.73. The molecule has 0 aromatic carbocycles. The fraction of sp³-hybridized carbons (Fsp3) is 0.600. The van der Waals surface area contributed by atoms with Crippen LogP contribution >= 0.6 is 24.8 Å². The molecule has 1 atom stereocenters. The highest BCUT2D eigenvalue weighted by Gasteiger charge is 2.28. The summed E-state index contributed by atoms with van der Waals surface area (Å²) < 4.78 is 1.48. The van der Waals surface area contributed by atoms with Crippen LogP contribution in [0.2, 0.25) is 0 Å². The number of amides is 1. The zero-order valence-corrected chi connectivity index (χ0v) is 19.7. The molecule has 1 fully saturated rings. The van der Waals surface area contributed by atoms with E-state index in [1.165, 1.54) is 4.57 Å². The standard InChI is InChI=1S/C20H29N5O3.2ClH/c1-11(2)10-25-17-16(18(26)23-20(25)28)14(8-15(22-17)12(3)4)19(27)24-7-6-21-9-13(24)5;;/h8,11-13,21H,6-7,9-10H2,1-5H3,(H,23,26,28);2*1H/t13-;;/m1../s1. The number of hydrogen-bond acceptors (Lipinski definition) is 5. The van der Waals surface area contributed by atoms with Crippen LogP contribution in [0.3, 0.4) is 0 Å². The number of piperazine rings is 1. The SMILES string of the molecule is CC(C)Cn1c(=O)[nH]c(=O)c2c(C(=O)N3CCNC[C@H]3C)cc(C(C)C)nc21.Cl.Cl. The number of carbonyl (C=O) groups is 1. The van der Waals surface area contributed by atoms with Crippen molar-refractivity contribution in [3.63, 3.8) is 0 Å². The normalized spacial score (nSPS) is 16.5. The molecule has 0 radical (unpaired) electrons. The number of rotatable bonds is 4. The molecule has 2 N–H and O–H groups in total. The minimum atomic E-state index is -0.561. The predicted molar refractivity (Wildman–Crippen MR) is 123 cm³/mol. The maximum atomic E-state index is 13.4. The first-order valence-corrected chi connectivity index (χ1v) is 9.90. The van der Waals surface area contributed by atoms with E-state index in [1.807, 2.05) is 34.6 Å². The van der Waals surface area contributed by atoms with Crippen molar-refractivity contribution in [2.45, 2.75) is 53.1 Å². The van der Waals surface area contributed by atoms with Crippen LogP contribution in [0.5, 0.6) is 0 Å². The summed E-state index contributed by atoms with van der Waals surface area (Å²) in [5.74, 6) is 0.0467. The van der Waals surface area contributed by atoms with E-state index in [1.54, 1.807) is 11.0 Å². The first kappa shape index (κ1) is 26.1. The number of halogens is 2. The van der Waals surface area contributed by atoms with E-state index in [0.29, 0.717) is 43.1 Å². The van der Waals surface area contributed by atoms with Crippen molar-refractivity contribution in [2.75, 3.05) is 19.6 Å². The van der Waals surface area contributed by atoms with Gasteiger partial charge in [-0.3, -0.25) is 19.1 Å². The van der Waals surface area contributed by atoms with E-state index in [9.17, 15) is 14.4 Å². The topological polar surface area (TPSA) is 100 Å². The minimum Gasteiger partial charge on any atom is -0.333 e. The summed E-state index contributed by atoms with van der Waals surface area (Å²) in [5.41, 5.74) is 0.254. The first-order valence-electron chi connectivity index (χ1n) is 9.90. The molecule has 1 amide bonds. The summed E-state index contributed by atoms with van der Waals surface area (Å²) in [6.45, 7) is 12.3. The highest BCUT2D eigenvalue weighted by Crippen LogP contribution is 2.22. The molecule has 0 saturated carbocycles. The minimum absolute atomic E-state index is 0. The van der Waals surface area contributed by atoms with Crippen molar-refractivity contribution in [3.8, 4) is 0 Å². The summed E-state index contributed by atoms with van der Waals surface area (Å²) in [5, 5.41) is 3.46. The lowest BCUT2D eigenvalue weighted by atomic mass is 10.0. The quantitative estimate of drug-likeness (QED) is 0.729. The summed E-state index contributed by atoms with van der Waals surface area (Å²) in [4.78, 5) is 47.4. The number of aromatic nitrogens is 3. The Hall–Kier alpha value is -1.90. The molecule has 0 aliphatic carbocycles. The molecule has 0 spiro atoms. The number of fused-ring (bicyclic) bond motifs is 1. The van der Waals surface area contributed by atoms with Gasteiger partial charge in [-0.2, -0.15) is 0 Å². The van der Waals surface area contributed by atoms with E-state index >= 15 is 0 Å². The summed E-state index contributed by atoms with van der Waals surface area (Å²) in [6.07, 6.45) is 0. The maximum absolute atomic E-state index is 13.4. The monoisotopic (exact) mass is 459 g/mol. The van der Waals surface area contributed by atoms with Crippen LogP contribution in [0.15, 0.2) is 15.7 Å². The van der Waals surface area contributed by atoms with E-state index in [4.69, 9.17) is 0 Å². The Kier molecular flexibility index (Phi) is 9.07. The number of carbonyl (C=O) groups excluding carboxylic acids is 1. The third-order valence-corrected chi connectivity index (χ3v) is 5.10. The van der Waals surface area contributed by atoms with Crippen molar-refractivity contribution in [1.29, 1.82) is 0 Å². The molecule has 1 saturated heterocycles. The lowest BCUT2D eigenvalue weighted by Crippen LogP contribution is -2.52. The van der Waals surface area contributed by atoms with Gasteiger partial charge in [0.2, 0.25) is 0 Å². The molecule has 2 aromatic heterocycles. The molecule has 2 aromatic rings. The van der Waals surface area contributed by atoms with E-state index in [2.05, 4.69) is 15.3 Å². The Morgan fingerprint density at radius 3 is 2.47 bits per heavy atom. The van der Waals surface area contributed by atoms with Crippen LogP contribution in [0.4, 0.5) is 0 Å². The molecule has 8 nitrogen and oxygen atoms in total. The van der Waals surface area contributed by atoms with Crippen molar-refractivity contribution in [1.82, 2.24) is 24.8 Å². The zero-order chi connectivity index (χ0) is 20.6. The maximum Gasteiger partial charge on any atom is 0.330 e. The lowest BCUT2D eigenvalue weighted by Gasteiger charge is -2.34. The molecule has 1 aliphatic rings. The highest BCUT2D eigenvalue weighted by molar-refractivity contribution is 6.05. The molecule has 3 heterocycles. The fourth-order valence-corrected chi connectivity index (χ4v) is 3.59. The fourth-order valence-electron chi connectivity index (χ4n) is 3.59. The molecule has 0 unspecified atom stereocenters. The zero-order valence-electron chi connectivity index (χ0n) is 18.0. The predicted octanol–water partition coefficient (Wildman–Crippen LogP) is 2.14. The second-order valence-corrected chi connectivity index (χ2v) is 8.26. The third kappa shape index (κ3) is 5.04. The molecular formula is C20H31Cl2N5O3. The molecule has 1 aliphatic heterocycles. The second kappa shape index (κ2) is 10.4. The van der Waals surface area contributed by atoms with Gasteiger partial charge in [0.25, 0.3) is 11.5 Å². The van der Waals surface area contributed by atoms with Gasteiger partial charge >= 0.3 is 5.69 Å². The van der Waals surface area contributed by atoms with Gasteiger partial charge in [-0.1, -0.05) is 27.7 Å².